The zero-order valence-electron chi connectivity index (χ0n) is 17.6. The third-order valence-electron chi connectivity index (χ3n) is 4.59. The number of aromatic hydroxyl groups is 1. The molecule has 0 spiro atoms. The van der Waals surface area contributed by atoms with Crippen molar-refractivity contribution in [2.24, 2.45) is 0 Å². The van der Waals surface area contributed by atoms with Crippen LogP contribution in [0, 0.1) is 13.8 Å². The van der Waals surface area contributed by atoms with Gasteiger partial charge in [-0.05, 0) is 50.6 Å². The molecule has 0 bridgehead atoms. The predicted octanol–water partition coefficient (Wildman–Crippen LogP) is 3.16. The van der Waals surface area contributed by atoms with Gasteiger partial charge in [-0.25, -0.2) is 9.97 Å². The average molecular weight is 420 g/mol. The van der Waals surface area contributed by atoms with E-state index in [2.05, 4.69) is 20.4 Å². The molecule has 9 nitrogen and oxygen atoms in total. The van der Waals surface area contributed by atoms with E-state index >= 15 is 0 Å². The van der Waals surface area contributed by atoms with Gasteiger partial charge in [0.25, 0.3) is 0 Å². The van der Waals surface area contributed by atoms with E-state index in [9.17, 15) is 10.2 Å². The summed E-state index contributed by atoms with van der Waals surface area (Å²) in [5.41, 5.74) is 4.59. The normalized spacial score (nSPS) is 12.1. The standard InChI is InChI=1S/C22H24N6O3/c1-13-6-16(9-18(30)7-13)21-19(12-28(26-21)11-17-8-15(3)31-27-17)20-4-5-23-22(25-20)24-10-14(2)29/h4-9,12,14,29-30H,10-11H2,1-3H3,(H,23,24,25). The van der Waals surface area contributed by atoms with Crippen LogP contribution in [0.25, 0.3) is 22.5 Å². The predicted molar refractivity (Wildman–Crippen MR) is 116 cm³/mol. The topological polar surface area (TPSA) is 122 Å². The number of benzene rings is 1. The van der Waals surface area contributed by atoms with Crippen LogP contribution in [0.2, 0.25) is 0 Å². The number of hydrogen-bond donors (Lipinski definition) is 3. The Kier molecular flexibility index (Phi) is 5.68. The number of phenols is 1. The maximum atomic E-state index is 10.1. The van der Waals surface area contributed by atoms with Crippen LogP contribution in [-0.4, -0.2) is 47.8 Å². The maximum Gasteiger partial charge on any atom is 0.223 e. The third kappa shape index (κ3) is 4.89. The van der Waals surface area contributed by atoms with E-state index in [1.54, 1.807) is 36.0 Å². The largest absolute Gasteiger partial charge is 0.508 e. The number of rotatable bonds is 7. The van der Waals surface area contributed by atoms with Crippen molar-refractivity contribution in [3.8, 4) is 28.3 Å². The Bertz CT molecular complexity index is 1180. The number of aryl methyl sites for hydroxylation is 2. The van der Waals surface area contributed by atoms with Crippen LogP contribution < -0.4 is 5.32 Å². The molecule has 3 N–H and O–H groups in total. The number of aliphatic hydroxyl groups excluding tert-OH is 1. The minimum Gasteiger partial charge on any atom is -0.508 e. The Morgan fingerprint density at radius 1 is 1.19 bits per heavy atom. The fourth-order valence-corrected chi connectivity index (χ4v) is 3.29. The molecular weight excluding hydrogens is 396 g/mol. The monoisotopic (exact) mass is 420 g/mol. The van der Waals surface area contributed by atoms with E-state index in [1.807, 2.05) is 32.2 Å². The Balaban J connectivity index is 1.77. The Morgan fingerprint density at radius 2 is 2.03 bits per heavy atom. The van der Waals surface area contributed by atoms with Crippen LogP contribution in [0.4, 0.5) is 5.95 Å². The van der Waals surface area contributed by atoms with E-state index in [-0.39, 0.29) is 5.75 Å². The quantitative estimate of drug-likeness (QED) is 0.417. The van der Waals surface area contributed by atoms with Gasteiger partial charge in [-0.1, -0.05) is 5.16 Å². The highest BCUT2D eigenvalue weighted by Gasteiger charge is 2.17. The van der Waals surface area contributed by atoms with Crippen LogP contribution in [-0.2, 0) is 6.54 Å². The van der Waals surface area contributed by atoms with Crippen molar-refractivity contribution >= 4 is 5.95 Å². The number of phenolic OH excluding ortho intramolecular Hbond substituents is 1. The van der Waals surface area contributed by atoms with E-state index < -0.39 is 6.10 Å². The molecule has 1 atom stereocenters. The number of nitrogens with one attached hydrogen (secondary N) is 1. The molecule has 160 valence electrons. The van der Waals surface area contributed by atoms with Gasteiger partial charge < -0.3 is 20.1 Å². The van der Waals surface area contributed by atoms with E-state index in [0.29, 0.717) is 30.4 Å². The first-order valence-corrected chi connectivity index (χ1v) is 9.93. The van der Waals surface area contributed by atoms with Crippen molar-refractivity contribution in [3.63, 3.8) is 0 Å². The number of anilines is 1. The first kappa shape index (κ1) is 20.5. The van der Waals surface area contributed by atoms with Crippen LogP contribution >= 0.6 is 0 Å². The van der Waals surface area contributed by atoms with Crippen molar-refractivity contribution in [2.45, 2.75) is 33.4 Å². The first-order chi connectivity index (χ1) is 14.9. The Hall–Kier alpha value is -3.72. The smallest absolute Gasteiger partial charge is 0.223 e. The van der Waals surface area contributed by atoms with Crippen LogP contribution in [0.3, 0.4) is 0 Å². The lowest BCUT2D eigenvalue weighted by Crippen LogP contribution is -2.16. The molecular formula is C22H24N6O3. The molecule has 0 aliphatic heterocycles. The molecule has 3 aromatic heterocycles. The number of hydrogen-bond acceptors (Lipinski definition) is 8. The molecule has 0 radical (unpaired) electrons. The number of aromatic nitrogens is 5. The Morgan fingerprint density at radius 3 is 2.74 bits per heavy atom. The summed E-state index contributed by atoms with van der Waals surface area (Å²) < 4.78 is 6.93. The molecule has 0 aliphatic carbocycles. The minimum absolute atomic E-state index is 0.171. The fraction of sp³-hybridized carbons (Fsp3) is 0.273. The van der Waals surface area contributed by atoms with Gasteiger partial charge in [0.1, 0.15) is 22.9 Å². The maximum absolute atomic E-state index is 10.1. The average Bonchev–Trinajstić information content (AvgIpc) is 3.32. The summed E-state index contributed by atoms with van der Waals surface area (Å²) in [6.07, 6.45) is 3.02. The van der Waals surface area contributed by atoms with Gasteiger partial charge in [-0.3, -0.25) is 4.68 Å². The molecule has 1 unspecified atom stereocenters. The second kappa shape index (κ2) is 8.57. The molecule has 1 aromatic carbocycles. The summed E-state index contributed by atoms with van der Waals surface area (Å²) in [5.74, 6) is 1.32. The summed E-state index contributed by atoms with van der Waals surface area (Å²) in [7, 11) is 0. The van der Waals surface area contributed by atoms with Gasteiger partial charge in [0.15, 0.2) is 0 Å². The van der Waals surface area contributed by atoms with Crippen LogP contribution in [0.1, 0.15) is 23.9 Å². The number of nitrogens with zero attached hydrogens (tertiary/aromatic N) is 5. The van der Waals surface area contributed by atoms with Crippen molar-refractivity contribution in [2.75, 3.05) is 11.9 Å². The molecule has 4 rings (SSSR count). The van der Waals surface area contributed by atoms with Gasteiger partial charge in [0, 0.05) is 36.1 Å². The summed E-state index contributed by atoms with van der Waals surface area (Å²) in [6, 6.07) is 9.00. The van der Waals surface area contributed by atoms with Crippen molar-refractivity contribution in [1.82, 2.24) is 24.9 Å². The molecule has 31 heavy (non-hydrogen) atoms. The van der Waals surface area contributed by atoms with Gasteiger partial charge >= 0.3 is 0 Å². The van der Waals surface area contributed by atoms with E-state index in [4.69, 9.17) is 9.62 Å². The van der Waals surface area contributed by atoms with E-state index in [1.165, 1.54) is 0 Å². The SMILES string of the molecule is Cc1cc(O)cc(-c2nn(Cc3cc(C)on3)cc2-c2ccnc(NCC(C)O)n2)c1. The minimum atomic E-state index is -0.522. The molecule has 9 heteroatoms. The highest BCUT2D eigenvalue weighted by Crippen LogP contribution is 2.33. The van der Waals surface area contributed by atoms with Gasteiger partial charge in [-0.2, -0.15) is 5.10 Å². The first-order valence-electron chi connectivity index (χ1n) is 9.93. The van der Waals surface area contributed by atoms with Crippen LogP contribution in [0.15, 0.2) is 47.2 Å². The highest BCUT2D eigenvalue weighted by atomic mass is 16.5. The lowest BCUT2D eigenvalue weighted by atomic mass is 10.0. The summed E-state index contributed by atoms with van der Waals surface area (Å²) in [4.78, 5) is 8.81. The third-order valence-corrected chi connectivity index (χ3v) is 4.59. The summed E-state index contributed by atoms with van der Waals surface area (Å²) in [6.45, 7) is 6.22. The molecule has 0 saturated carbocycles. The van der Waals surface area contributed by atoms with Gasteiger partial charge in [0.2, 0.25) is 5.95 Å². The summed E-state index contributed by atoms with van der Waals surface area (Å²) >= 11 is 0. The molecule has 0 saturated heterocycles. The second-order valence-electron chi connectivity index (χ2n) is 7.57. The lowest BCUT2D eigenvalue weighted by Gasteiger charge is -2.08. The molecule has 0 fully saturated rings. The van der Waals surface area contributed by atoms with Crippen molar-refractivity contribution in [3.05, 3.63) is 59.7 Å². The fourth-order valence-electron chi connectivity index (χ4n) is 3.29. The molecule has 0 amide bonds. The summed E-state index contributed by atoms with van der Waals surface area (Å²) in [5, 5.41) is 31.4. The van der Waals surface area contributed by atoms with Crippen molar-refractivity contribution in [1.29, 1.82) is 0 Å². The lowest BCUT2D eigenvalue weighted by molar-refractivity contribution is 0.208. The molecule has 0 aliphatic rings. The van der Waals surface area contributed by atoms with Gasteiger partial charge in [-0.15, -0.1) is 0 Å². The van der Waals surface area contributed by atoms with E-state index in [0.717, 1.165) is 28.1 Å². The van der Waals surface area contributed by atoms with Gasteiger partial charge in [0.05, 0.1) is 18.3 Å². The highest BCUT2D eigenvalue weighted by molar-refractivity contribution is 5.79. The van der Waals surface area contributed by atoms with Crippen LogP contribution in [0.5, 0.6) is 5.75 Å². The van der Waals surface area contributed by atoms with Crippen molar-refractivity contribution < 1.29 is 14.7 Å². The second-order valence-corrected chi connectivity index (χ2v) is 7.57. The zero-order valence-corrected chi connectivity index (χ0v) is 17.6. The number of aliphatic hydroxyl groups is 1. The molecule has 3 heterocycles. The molecule has 4 aromatic rings. The zero-order chi connectivity index (χ0) is 22.0. The Labute approximate surface area is 179 Å².